The van der Waals surface area contributed by atoms with E-state index in [1.165, 1.54) is 38.5 Å². The van der Waals surface area contributed by atoms with Crippen LogP contribution in [0.2, 0.25) is 20.1 Å². The van der Waals surface area contributed by atoms with Crippen LogP contribution >= 0.6 is 46.4 Å². The lowest BCUT2D eigenvalue weighted by atomic mass is 10.2. The number of hydrogen-bond donors (Lipinski definition) is 1. The molecular formula is C28H21Cl4FO6. The van der Waals surface area contributed by atoms with Crippen molar-refractivity contribution < 1.29 is 33.3 Å². The number of aromatic hydroxyl groups is 1. The van der Waals surface area contributed by atoms with E-state index in [4.69, 9.17) is 56.2 Å². The number of phenols is 1. The van der Waals surface area contributed by atoms with E-state index in [2.05, 4.69) is 9.47 Å². The fourth-order valence-corrected chi connectivity index (χ4v) is 3.47. The van der Waals surface area contributed by atoms with Gasteiger partial charge in [-0.15, -0.1) is 0 Å². The van der Waals surface area contributed by atoms with Gasteiger partial charge in [-0.3, -0.25) is 0 Å². The number of carbonyl (C=O) groups excluding carboxylic acids is 2. The standard InChI is InChI=1S/C14H10Cl2O3.C8H6ClFO2.C6H5ClO/c1-18-14(17)12-8-10(16)5-6-13(12)19-11-4-2-3-9(15)7-11;1-12-8(11)6-4-5(9)2-3-7(6)10;7-5-2-1-3-6(8)4-5/h2-8H,1H3;2-4H,1H3;1-4,8H. The van der Waals surface area contributed by atoms with Crippen LogP contribution < -0.4 is 4.74 Å². The fourth-order valence-electron chi connectivity index (χ4n) is 2.76. The van der Waals surface area contributed by atoms with Crippen LogP contribution in [-0.2, 0) is 9.47 Å². The van der Waals surface area contributed by atoms with Crippen molar-refractivity contribution in [2.24, 2.45) is 0 Å². The highest BCUT2D eigenvalue weighted by molar-refractivity contribution is 6.31. The van der Waals surface area contributed by atoms with Gasteiger partial charge in [0.2, 0.25) is 0 Å². The van der Waals surface area contributed by atoms with Gasteiger partial charge in [0.1, 0.15) is 28.6 Å². The number of halogens is 5. The molecule has 0 atom stereocenters. The molecular weight excluding hydrogens is 593 g/mol. The summed E-state index contributed by atoms with van der Waals surface area (Å²) in [7, 11) is 2.48. The third-order valence-electron chi connectivity index (χ3n) is 4.51. The number of phenolic OH excluding ortho intramolecular Hbond substituents is 1. The lowest BCUT2D eigenvalue weighted by molar-refractivity contribution is 0.0587. The van der Waals surface area contributed by atoms with Crippen LogP contribution in [0.25, 0.3) is 0 Å². The monoisotopic (exact) mass is 612 g/mol. The van der Waals surface area contributed by atoms with Crippen LogP contribution in [0.5, 0.6) is 17.2 Å². The Kier molecular flexibility index (Phi) is 12.9. The number of rotatable bonds is 4. The highest BCUT2D eigenvalue weighted by Crippen LogP contribution is 2.29. The van der Waals surface area contributed by atoms with E-state index in [-0.39, 0.29) is 16.9 Å². The summed E-state index contributed by atoms with van der Waals surface area (Å²) in [5, 5.41) is 10.6. The zero-order valence-corrected chi connectivity index (χ0v) is 23.5. The van der Waals surface area contributed by atoms with Gasteiger partial charge in [-0.2, -0.15) is 0 Å². The topological polar surface area (TPSA) is 82.1 Å². The number of esters is 2. The fraction of sp³-hybridized carbons (Fsp3) is 0.0714. The zero-order valence-electron chi connectivity index (χ0n) is 20.5. The van der Waals surface area contributed by atoms with E-state index in [1.54, 1.807) is 54.6 Å². The highest BCUT2D eigenvalue weighted by atomic mass is 35.5. The molecule has 0 saturated heterocycles. The average molecular weight is 614 g/mol. The van der Waals surface area contributed by atoms with E-state index < -0.39 is 17.8 Å². The zero-order chi connectivity index (χ0) is 28.9. The van der Waals surface area contributed by atoms with Crippen LogP contribution in [0.1, 0.15) is 20.7 Å². The molecule has 4 aromatic carbocycles. The summed E-state index contributed by atoms with van der Waals surface area (Å²) in [6.07, 6.45) is 0. The minimum absolute atomic E-state index is 0.148. The molecule has 0 fully saturated rings. The van der Waals surface area contributed by atoms with Crippen molar-refractivity contribution in [3.8, 4) is 17.2 Å². The normalized spacial score (nSPS) is 9.72. The average Bonchev–Trinajstić information content (AvgIpc) is 2.91. The van der Waals surface area contributed by atoms with Crippen LogP contribution in [0.4, 0.5) is 4.39 Å². The van der Waals surface area contributed by atoms with Crippen molar-refractivity contribution in [2.75, 3.05) is 14.2 Å². The number of methoxy groups -OCH3 is 2. The van der Waals surface area contributed by atoms with Crippen molar-refractivity contribution >= 4 is 58.3 Å². The van der Waals surface area contributed by atoms with Gasteiger partial charge in [0.05, 0.1) is 19.8 Å². The van der Waals surface area contributed by atoms with Gasteiger partial charge in [0.15, 0.2) is 0 Å². The van der Waals surface area contributed by atoms with Crippen molar-refractivity contribution in [3.05, 3.63) is 122 Å². The summed E-state index contributed by atoms with van der Waals surface area (Å²) in [5.74, 6) is -0.781. The molecule has 0 aliphatic rings. The SMILES string of the molecule is COC(=O)c1cc(Cl)ccc1F.COC(=O)c1cc(Cl)ccc1Oc1cccc(Cl)c1.Oc1cccc(Cl)c1. The van der Waals surface area contributed by atoms with E-state index >= 15 is 0 Å². The predicted molar refractivity (Wildman–Crippen MR) is 150 cm³/mol. The molecule has 4 aromatic rings. The molecule has 0 heterocycles. The second-order valence-electron chi connectivity index (χ2n) is 7.29. The van der Waals surface area contributed by atoms with Crippen molar-refractivity contribution in [1.82, 2.24) is 0 Å². The van der Waals surface area contributed by atoms with E-state index in [1.807, 2.05) is 0 Å². The third-order valence-corrected chi connectivity index (χ3v) is 5.45. The minimum Gasteiger partial charge on any atom is -0.508 e. The van der Waals surface area contributed by atoms with Gasteiger partial charge in [-0.25, -0.2) is 14.0 Å². The van der Waals surface area contributed by atoms with E-state index in [0.717, 1.165) is 6.07 Å². The first-order valence-corrected chi connectivity index (χ1v) is 12.3. The first kappa shape index (κ1) is 31.7. The van der Waals surface area contributed by atoms with Gasteiger partial charge in [-0.1, -0.05) is 58.5 Å². The Morgan fingerprint density at radius 2 is 1.18 bits per heavy atom. The Balaban J connectivity index is 0.000000227. The Morgan fingerprint density at radius 1 is 0.667 bits per heavy atom. The number of ether oxygens (including phenoxy) is 3. The molecule has 0 aliphatic carbocycles. The largest absolute Gasteiger partial charge is 0.508 e. The molecule has 0 spiro atoms. The lowest BCUT2D eigenvalue weighted by Crippen LogP contribution is -2.03. The molecule has 0 unspecified atom stereocenters. The summed E-state index contributed by atoms with van der Waals surface area (Å²) in [4.78, 5) is 22.5. The van der Waals surface area contributed by atoms with Crippen LogP contribution in [0.3, 0.4) is 0 Å². The second-order valence-corrected chi connectivity index (χ2v) is 9.03. The summed E-state index contributed by atoms with van der Waals surface area (Å²) in [6, 6.07) is 21.8. The summed E-state index contributed by atoms with van der Waals surface area (Å²) >= 11 is 22.8. The van der Waals surface area contributed by atoms with E-state index in [9.17, 15) is 14.0 Å². The van der Waals surface area contributed by atoms with Crippen LogP contribution in [0.15, 0.2) is 84.9 Å². The molecule has 0 saturated carbocycles. The highest BCUT2D eigenvalue weighted by Gasteiger charge is 2.15. The van der Waals surface area contributed by atoms with Gasteiger partial charge in [0, 0.05) is 20.1 Å². The molecule has 0 aliphatic heterocycles. The molecule has 1 N–H and O–H groups in total. The molecule has 11 heteroatoms. The Morgan fingerprint density at radius 3 is 1.72 bits per heavy atom. The summed E-state index contributed by atoms with van der Waals surface area (Å²) < 4.78 is 27.5. The van der Waals surface area contributed by atoms with Gasteiger partial charge in [-0.05, 0) is 72.8 Å². The molecule has 204 valence electrons. The lowest BCUT2D eigenvalue weighted by Gasteiger charge is -2.10. The van der Waals surface area contributed by atoms with Crippen LogP contribution in [-0.4, -0.2) is 31.3 Å². The third kappa shape index (κ3) is 10.7. The van der Waals surface area contributed by atoms with Crippen LogP contribution in [0, 0.1) is 5.82 Å². The first-order chi connectivity index (χ1) is 18.5. The number of carbonyl (C=O) groups is 2. The Hall–Kier alpha value is -3.49. The second kappa shape index (κ2) is 15.8. The van der Waals surface area contributed by atoms with Gasteiger partial charge >= 0.3 is 11.9 Å². The van der Waals surface area contributed by atoms with Crippen molar-refractivity contribution in [3.63, 3.8) is 0 Å². The molecule has 0 aromatic heterocycles. The maximum atomic E-state index is 12.8. The predicted octanol–water partition coefficient (Wildman–Crippen LogP) is 8.88. The van der Waals surface area contributed by atoms with Gasteiger partial charge in [0.25, 0.3) is 0 Å². The molecule has 0 bridgehead atoms. The van der Waals surface area contributed by atoms with Crippen molar-refractivity contribution in [1.29, 1.82) is 0 Å². The number of benzene rings is 4. The maximum absolute atomic E-state index is 12.8. The maximum Gasteiger partial charge on any atom is 0.341 e. The van der Waals surface area contributed by atoms with Gasteiger partial charge < -0.3 is 19.3 Å². The number of hydrogen-bond acceptors (Lipinski definition) is 6. The Labute approximate surface area is 244 Å². The molecule has 6 nitrogen and oxygen atoms in total. The molecule has 4 rings (SSSR count). The molecule has 0 amide bonds. The molecule has 0 radical (unpaired) electrons. The smallest absolute Gasteiger partial charge is 0.341 e. The minimum atomic E-state index is -0.727. The first-order valence-electron chi connectivity index (χ1n) is 10.8. The quantitative estimate of drug-likeness (QED) is 0.231. The van der Waals surface area contributed by atoms with Crippen molar-refractivity contribution in [2.45, 2.75) is 0 Å². The summed E-state index contributed by atoms with van der Waals surface area (Å²) in [5.41, 5.74) is 0.111. The van der Waals surface area contributed by atoms with E-state index in [0.29, 0.717) is 31.6 Å². The Bertz CT molecular complexity index is 1410. The molecule has 39 heavy (non-hydrogen) atoms. The summed E-state index contributed by atoms with van der Waals surface area (Å²) in [6.45, 7) is 0.